The third-order valence-corrected chi connectivity index (χ3v) is 3.76. The van der Waals surface area contributed by atoms with Crippen molar-refractivity contribution in [1.29, 1.82) is 0 Å². The molecule has 0 aliphatic carbocycles. The number of rotatable bonds is 5. The zero-order chi connectivity index (χ0) is 18.0. The average Bonchev–Trinajstić information content (AvgIpc) is 3.04. The Morgan fingerprint density at radius 2 is 2.28 bits per heavy atom. The number of carboxylic acids is 1. The van der Waals surface area contributed by atoms with Crippen LogP contribution in [0.5, 0.6) is 5.75 Å². The van der Waals surface area contributed by atoms with E-state index in [4.69, 9.17) is 10.4 Å². The lowest BCUT2D eigenvalue weighted by Crippen LogP contribution is -2.53. The van der Waals surface area contributed by atoms with Crippen molar-refractivity contribution in [2.45, 2.75) is 18.9 Å². The van der Waals surface area contributed by atoms with Gasteiger partial charge in [-0.3, -0.25) is 9.48 Å². The molecule has 0 unspecified atom stereocenters. The van der Waals surface area contributed by atoms with E-state index in [2.05, 4.69) is 15.4 Å². The first-order valence-corrected chi connectivity index (χ1v) is 7.60. The molecular weight excluding hydrogens is 329 g/mol. The lowest BCUT2D eigenvalue weighted by Gasteiger charge is -2.28. The van der Waals surface area contributed by atoms with Gasteiger partial charge in [0.15, 0.2) is 0 Å². The molecule has 1 aromatic heterocycles. The largest absolute Gasteiger partial charge is 0.547 e. The average molecular weight is 345 g/mol. The Morgan fingerprint density at radius 3 is 3.00 bits per heavy atom. The molecule has 0 radical (unpaired) electrons. The lowest BCUT2D eigenvalue weighted by atomic mass is 9.72. The topological polar surface area (TPSA) is 153 Å². The third-order valence-electron chi connectivity index (χ3n) is 3.76. The summed E-state index contributed by atoms with van der Waals surface area (Å²) in [5, 5.41) is 25.9. The molecule has 1 aromatic carbocycles. The van der Waals surface area contributed by atoms with Crippen LogP contribution in [-0.4, -0.2) is 56.4 Å². The maximum Gasteiger partial charge on any atom is 0.547 e. The summed E-state index contributed by atoms with van der Waals surface area (Å²) in [7, 11) is -1.39. The van der Waals surface area contributed by atoms with Gasteiger partial charge in [-0.25, -0.2) is 9.78 Å². The highest BCUT2D eigenvalue weighted by molar-refractivity contribution is 6.47. The molecule has 10 nitrogen and oxygen atoms in total. The van der Waals surface area contributed by atoms with Crippen molar-refractivity contribution in [3.63, 3.8) is 0 Å². The molecule has 11 heteroatoms. The first-order chi connectivity index (χ1) is 12.0. The van der Waals surface area contributed by atoms with Crippen LogP contribution in [0.15, 0.2) is 24.5 Å². The third kappa shape index (κ3) is 3.46. The maximum absolute atomic E-state index is 12.2. The second-order valence-corrected chi connectivity index (χ2v) is 5.51. The van der Waals surface area contributed by atoms with Crippen LogP contribution >= 0.6 is 0 Å². The van der Waals surface area contributed by atoms with Crippen LogP contribution in [0.2, 0.25) is 0 Å². The maximum atomic E-state index is 12.2. The molecule has 0 saturated carbocycles. The number of nitrogens with one attached hydrogen (secondary N) is 1. The van der Waals surface area contributed by atoms with E-state index in [1.165, 1.54) is 17.1 Å². The normalized spacial score (nSPS) is 16.1. The smallest absolute Gasteiger partial charge is 0.534 e. The van der Waals surface area contributed by atoms with Crippen LogP contribution in [-0.2, 0) is 13.0 Å². The van der Waals surface area contributed by atoms with Crippen molar-refractivity contribution in [1.82, 2.24) is 20.1 Å². The number of carbonyl (C=O) groups is 2. The highest BCUT2D eigenvalue weighted by atomic mass is 16.5. The summed E-state index contributed by atoms with van der Waals surface area (Å²) in [6.07, 6.45) is 1.61. The molecule has 1 aliphatic heterocycles. The summed E-state index contributed by atoms with van der Waals surface area (Å²) in [6, 6.07) is 4.65. The number of hydrogen-bond donors (Lipinski definition) is 4. The van der Waals surface area contributed by atoms with Crippen LogP contribution in [0, 0.1) is 0 Å². The highest BCUT2D eigenvalue weighted by Crippen LogP contribution is 2.30. The molecule has 0 saturated heterocycles. The fraction of sp³-hybridized carbons (Fsp3) is 0.286. The number of benzene rings is 1. The molecule has 0 spiro atoms. The van der Waals surface area contributed by atoms with E-state index in [-0.39, 0.29) is 23.6 Å². The summed E-state index contributed by atoms with van der Waals surface area (Å²) < 4.78 is 6.76. The van der Waals surface area contributed by atoms with Gasteiger partial charge in [-0.2, -0.15) is 0 Å². The minimum atomic E-state index is -1.39. The van der Waals surface area contributed by atoms with Gasteiger partial charge in [0.2, 0.25) is 5.82 Å². The molecule has 5 N–H and O–H groups in total. The summed E-state index contributed by atoms with van der Waals surface area (Å²) in [4.78, 5) is 27.3. The summed E-state index contributed by atoms with van der Waals surface area (Å²) in [6.45, 7) is 0.795. The second kappa shape index (κ2) is 6.91. The number of hydrogen-bond acceptors (Lipinski definition) is 7. The molecule has 0 fully saturated rings. The van der Waals surface area contributed by atoms with Crippen LogP contribution in [0.25, 0.3) is 0 Å². The minimum Gasteiger partial charge on any atom is -0.534 e. The van der Waals surface area contributed by atoms with E-state index in [1.807, 2.05) is 0 Å². The Balaban J connectivity index is 1.74. The fourth-order valence-electron chi connectivity index (χ4n) is 2.59. The SMILES string of the molecule is NCCn1cnc(C(=O)N[C@H]2Cc3cccc(C(=O)O)c3OB2O)n1. The summed E-state index contributed by atoms with van der Waals surface area (Å²) in [5.41, 5.74) is 5.95. The van der Waals surface area contributed by atoms with Gasteiger partial charge < -0.3 is 25.8 Å². The van der Waals surface area contributed by atoms with Crippen molar-refractivity contribution in [3.8, 4) is 5.75 Å². The van der Waals surface area contributed by atoms with Gasteiger partial charge in [-0.1, -0.05) is 12.1 Å². The number of carboxylic acid groups (broad SMARTS) is 1. The minimum absolute atomic E-state index is 0.0384. The number of para-hydroxylation sites is 1. The Kier molecular flexibility index (Phi) is 4.68. The number of aromatic carboxylic acids is 1. The molecule has 2 heterocycles. The van der Waals surface area contributed by atoms with Crippen molar-refractivity contribution >= 4 is 19.0 Å². The summed E-state index contributed by atoms with van der Waals surface area (Å²) in [5.74, 6) is -2.42. The van der Waals surface area contributed by atoms with Crippen LogP contribution in [0.1, 0.15) is 26.5 Å². The number of aromatic nitrogens is 3. The van der Waals surface area contributed by atoms with Gasteiger partial charge >= 0.3 is 13.1 Å². The number of nitrogens with two attached hydrogens (primary N) is 1. The number of nitrogens with zero attached hydrogens (tertiary/aromatic N) is 3. The zero-order valence-corrected chi connectivity index (χ0v) is 13.1. The van der Waals surface area contributed by atoms with Gasteiger partial charge in [0.05, 0.1) is 18.0 Å². The quantitative estimate of drug-likeness (QED) is 0.487. The lowest BCUT2D eigenvalue weighted by molar-refractivity contribution is 0.0693. The molecule has 1 aliphatic rings. The van der Waals surface area contributed by atoms with Crippen LogP contribution < -0.4 is 15.7 Å². The standard InChI is InChI=1S/C14H16BN5O5/c16-4-5-20-7-17-12(19-20)13(21)18-10-6-8-2-1-3-9(14(22)23)11(8)25-15(10)24/h1-3,7,10,24H,4-6,16H2,(H,18,21)(H,22,23)/t10-/m0/s1. The number of carbonyl (C=O) groups excluding carboxylic acids is 1. The molecule has 0 bridgehead atoms. The number of fused-ring (bicyclic) bond motifs is 1. The highest BCUT2D eigenvalue weighted by Gasteiger charge is 2.38. The van der Waals surface area contributed by atoms with E-state index >= 15 is 0 Å². The summed E-state index contributed by atoms with van der Waals surface area (Å²) >= 11 is 0. The molecule has 25 heavy (non-hydrogen) atoms. The Hall–Kier alpha value is -2.92. The van der Waals surface area contributed by atoms with E-state index < -0.39 is 24.9 Å². The van der Waals surface area contributed by atoms with E-state index in [0.29, 0.717) is 18.7 Å². The van der Waals surface area contributed by atoms with Crippen molar-refractivity contribution in [2.75, 3.05) is 6.54 Å². The second-order valence-electron chi connectivity index (χ2n) is 5.51. The molecule has 3 rings (SSSR count). The Labute approximate surface area is 142 Å². The van der Waals surface area contributed by atoms with Crippen molar-refractivity contribution < 1.29 is 24.4 Å². The van der Waals surface area contributed by atoms with Gasteiger partial charge in [0.25, 0.3) is 5.91 Å². The van der Waals surface area contributed by atoms with Gasteiger partial charge in [0, 0.05) is 6.54 Å². The molecule has 1 atom stereocenters. The molecule has 130 valence electrons. The molecular formula is C14H16BN5O5. The fourth-order valence-corrected chi connectivity index (χ4v) is 2.59. The molecule has 1 amide bonds. The molecule has 2 aromatic rings. The van der Waals surface area contributed by atoms with E-state index in [9.17, 15) is 19.7 Å². The predicted molar refractivity (Wildman–Crippen MR) is 86.0 cm³/mol. The monoisotopic (exact) mass is 345 g/mol. The van der Waals surface area contributed by atoms with Gasteiger partial charge in [-0.05, 0) is 18.1 Å². The Morgan fingerprint density at radius 1 is 1.48 bits per heavy atom. The van der Waals surface area contributed by atoms with E-state index in [1.54, 1.807) is 12.1 Å². The first kappa shape index (κ1) is 16.9. The first-order valence-electron chi connectivity index (χ1n) is 7.60. The van der Waals surface area contributed by atoms with Gasteiger partial charge in [0.1, 0.15) is 12.1 Å². The van der Waals surface area contributed by atoms with Crippen molar-refractivity contribution in [2.24, 2.45) is 5.73 Å². The number of amides is 1. The van der Waals surface area contributed by atoms with E-state index in [0.717, 1.165) is 0 Å². The van der Waals surface area contributed by atoms with Crippen molar-refractivity contribution in [3.05, 3.63) is 41.5 Å². The van der Waals surface area contributed by atoms with Gasteiger partial charge in [-0.15, -0.1) is 5.10 Å². The van der Waals surface area contributed by atoms with Crippen LogP contribution in [0.3, 0.4) is 0 Å². The Bertz CT molecular complexity index is 811. The predicted octanol–water partition coefficient (Wildman–Crippen LogP) is -1.31. The van der Waals surface area contributed by atoms with Crippen LogP contribution in [0.4, 0.5) is 0 Å². The zero-order valence-electron chi connectivity index (χ0n) is 13.1.